The van der Waals surface area contributed by atoms with Crippen LogP contribution in [0.3, 0.4) is 0 Å². The summed E-state index contributed by atoms with van der Waals surface area (Å²) in [4.78, 5) is 28.3. The monoisotopic (exact) mass is 426 g/mol. The second-order valence-corrected chi connectivity index (χ2v) is 6.52. The number of nitrogens with zero attached hydrogens (tertiary/aromatic N) is 2. The first-order valence-corrected chi connectivity index (χ1v) is 9.35. The van der Waals surface area contributed by atoms with Crippen molar-refractivity contribution in [2.24, 2.45) is 0 Å². The van der Waals surface area contributed by atoms with Crippen LogP contribution in [-0.4, -0.2) is 26.2 Å². The third kappa shape index (κ3) is 4.84. The van der Waals surface area contributed by atoms with Crippen molar-refractivity contribution >= 4 is 40.4 Å². The van der Waals surface area contributed by atoms with E-state index in [1.54, 1.807) is 48.5 Å². The molecule has 0 spiro atoms. The van der Waals surface area contributed by atoms with Crippen LogP contribution in [0.25, 0.3) is 4.85 Å². The van der Waals surface area contributed by atoms with Crippen molar-refractivity contribution < 1.29 is 19.1 Å². The summed E-state index contributed by atoms with van der Waals surface area (Å²) in [5.41, 5.74) is 3.22. The molecule has 2 N–H and O–H groups in total. The summed E-state index contributed by atoms with van der Waals surface area (Å²) in [6.07, 6.45) is 0. The van der Waals surface area contributed by atoms with E-state index < -0.39 is 11.9 Å². The number of hydrogen-bond donors (Lipinski definition) is 2. The third-order valence-electron chi connectivity index (χ3n) is 4.54. The molecule has 0 unspecified atom stereocenters. The Morgan fingerprint density at radius 3 is 1.66 bits per heavy atom. The fraction of sp³-hybridized carbons (Fsp3) is 0.0833. The minimum absolute atomic E-state index is 0.185. The summed E-state index contributed by atoms with van der Waals surface area (Å²) < 4.78 is 9.83. The van der Waals surface area contributed by atoms with Crippen LogP contribution < -0.4 is 10.6 Å². The highest BCUT2D eigenvalue weighted by molar-refractivity contribution is 6.04. The van der Waals surface area contributed by atoms with E-state index in [-0.39, 0.29) is 11.1 Å². The zero-order valence-corrected chi connectivity index (χ0v) is 17.3. The predicted octanol–water partition coefficient (Wildman–Crippen LogP) is 5.17. The maximum atomic E-state index is 12.5. The number of carbonyl (C=O) groups is 2. The van der Waals surface area contributed by atoms with Gasteiger partial charge in [0.15, 0.2) is 5.69 Å². The van der Waals surface area contributed by atoms with E-state index in [4.69, 9.17) is 21.3 Å². The first-order chi connectivity index (χ1) is 15.5. The van der Waals surface area contributed by atoms with Gasteiger partial charge in [-0.25, -0.2) is 14.4 Å². The number of rotatable bonds is 6. The summed E-state index contributed by atoms with van der Waals surface area (Å²) in [6, 6.07) is 18.3. The number of hydrogen-bond acceptors (Lipinski definition) is 7. The fourth-order valence-electron chi connectivity index (χ4n) is 2.92. The molecule has 0 radical (unpaired) electrons. The molecule has 0 aliphatic rings. The number of carbonyl (C=O) groups excluding carboxylic acids is 2. The summed E-state index contributed by atoms with van der Waals surface area (Å²) in [5, 5.41) is 15.1. The number of nitriles is 1. The molecule has 0 amide bonds. The summed E-state index contributed by atoms with van der Waals surface area (Å²) in [5.74, 6) is -1.21. The van der Waals surface area contributed by atoms with Crippen molar-refractivity contribution in [2.45, 2.75) is 0 Å². The highest BCUT2D eigenvalue weighted by Gasteiger charge is 2.21. The molecule has 0 bridgehead atoms. The standard InChI is InChI=1S/C24H18N4O4/c1-26-16-8-10-18(11-9-16)28-22-13-19(23(29)31-2)21(12-20(22)24(30)32-3)27-17-6-4-15(14-25)5-7-17/h4-13,27-28H,2-3H3. The van der Waals surface area contributed by atoms with Gasteiger partial charge in [0, 0.05) is 11.4 Å². The number of nitrogens with one attached hydrogen (secondary N) is 2. The number of benzene rings is 3. The van der Waals surface area contributed by atoms with E-state index in [0.717, 1.165) is 0 Å². The molecular weight excluding hydrogens is 408 g/mol. The SMILES string of the molecule is [C-]#[N+]c1ccc(Nc2cc(C(=O)OC)c(Nc3ccc(C#N)cc3)cc2C(=O)OC)cc1. The second-order valence-electron chi connectivity index (χ2n) is 6.52. The van der Waals surface area contributed by atoms with E-state index in [2.05, 4.69) is 15.5 Å². The average Bonchev–Trinajstić information content (AvgIpc) is 2.84. The van der Waals surface area contributed by atoms with Gasteiger partial charge in [-0.1, -0.05) is 12.1 Å². The largest absolute Gasteiger partial charge is 0.465 e. The Bertz CT molecular complexity index is 1140. The molecule has 8 heteroatoms. The number of methoxy groups -OCH3 is 2. The van der Waals surface area contributed by atoms with Gasteiger partial charge in [-0.3, -0.25) is 0 Å². The fourth-order valence-corrected chi connectivity index (χ4v) is 2.92. The first-order valence-electron chi connectivity index (χ1n) is 9.35. The van der Waals surface area contributed by atoms with Gasteiger partial charge in [-0.15, -0.1) is 0 Å². The highest BCUT2D eigenvalue weighted by atomic mass is 16.5. The smallest absolute Gasteiger partial charge is 0.340 e. The molecule has 0 aromatic heterocycles. The van der Waals surface area contributed by atoms with E-state index in [1.165, 1.54) is 26.4 Å². The molecule has 32 heavy (non-hydrogen) atoms. The van der Waals surface area contributed by atoms with Crippen LogP contribution in [0.2, 0.25) is 0 Å². The zero-order valence-electron chi connectivity index (χ0n) is 17.3. The molecule has 158 valence electrons. The number of ether oxygens (including phenoxy) is 2. The molecule has 8 nitrogen and oxygen atoms in total. The van der Waals surface area contributed by atoms with Gasteiger partial charge >= 0.3 is 11.9 Å². The van der Waals surface area contributed by atoms with E-state index >= 15 is 0 Å². The zero-order chi connectivity index (χ0) is 23.1. The lowest BCUT2D eigenvalue weighted by Gasteiger charge is -2.17. The van der Waals surface area contributed by atoms with Crippen LogP contribution in [0.1, 0.15) is 26.3 Å². The molecule has 0 fully saturated rings. The molecule has 0 saturated carbocycles. The maximum Gasteiger partial charge on any atom is 0.340 e. The highest BCUT2D eigenvalue weighted by Crippen LogP contribution is 2.32. The molecule has 3 aromatic carbocycles. The van der Waals surface area contributed by atoms with Crippen molar-refractivity contribution in [3.05, 3.63) is 88.8 Å². The van der Waals surface area contributed by atoms with E-state index in [1.807, 2.05) is 6.07 Å². The molecule has 0 saturated heterocycles. The topological polar surface area (TPSA) is 105 Å². The van der Waals surface area contributed by atoms with Crippen LogP contribution in [0.15, 0.2) is 60.7 Å². The van der Waals surface area contributed by atoms with Crippen LogP contribution in [0.4, 0.5) is 28.4 Å². The Morgan fingerprint density at radius 2 is 1.28 bits per heavy atom. The van der Waals surface area contributed by atoms with Crippen LogP contribution in [0.5, 0.6) is 0 Å². The minimum atomic E-state index is -0.607. The summed E-state index contributed by atoms with van der Waals surface area (Å²) in [6.45, 7) is 7.05. The Labute approximate surface area is 184 Å². The first kappa shape index (κ1) is 21.9. The van der Waals surface area contributed by atoms with Gasteiger partial charge in [0.2, 0.25) is 0 Å². The van der Waals surface area contributed by atoms with Gasteiger partial charge in [-0.2, -0.15) is 5.26 Å². The van der Waals surface area contributed by atoms with Gasteiger partial charge in [-0.05, 0) is 48.5 Å². The lowest BCUT2D eigenvalue weighted by molar-refractivity contribution is 0.0588. The summed E-state index contributed by atoms with van der Waals surface area (Å²) in [7, 11) is 2.52. The maximum absolute atomic E-state index is 12.5. The average molecular weight is 426 g/mol. The van der Waals surface area contributed by atoms with Gasteiger partial charge in [0.05, 0.1) is 54.9 Å². The molecule has 3 rings (SSSR count). The van der Waals surface area contributed by atoms with Crippen molar-refractivity contribution in [1.82, 2.24) is 0 Å². The minimum Gasteiger partial charge on any atom is -0.465 e. The summed E-state index contributed by atoms with van der Waals surface area (Å²) >= 11 is 0. The Hall–Kier alpha value is -4.82. The van der Waals surface area contributed by atoms with E-state index in [9.17, 15) is 9.59 Å². The number of anilines is 4. The lowest BCUT2D eigenvalue weighted by Crippen LogP contribution is -2.12. The third-order valence-corrected chi connectivity index (χ3v) is 4.54. The normalized spacial score (nSPS) is 9.75. The lowest BCUT2D eigenvalue weighted by atomic mass is 10.0. The Balaban J connectivity index is 2.07. The van der Waals surface area contributed by atoms with Crippen LogP contribution >= 0.6 is 0 Å². The quantitative estimate of drug-likeness (QED) is 0.414. The van der Waals surface area contributed by atoms with Gasteiger partial charge in [0.25, 0.3) is 0 Å². The molecular formula is C24H18N4O4. The number of esters is 2. The molecule has 0 aliphatic heterocycles. The van der Waals surface area contributed by atoms with Crippen molar-refractivity contribution in [2.75, 3.05) is 24.9 Å². The molecule has 0 atom stereocenters. The predicted molar refractivity (Wildman–Crippen MR) is 120 cm³/mol. The van der Waals surface area contributed by atoms with Gasteiger partial charge < -0.3 is 20.1 Å². The van der Waals surface area contributed by atoms with Crippen molar-refractivity contribution in [1.29, 1.82) is 5.26 Å². The van der Waals surface area contributed by atoms with Crippen LogP contribution in [0, 0.1) is 17.9 Å². The second kappa shape index (κ2) is 9.79. The molecule has 0 heterocycles. The van der Waals surface area contributed by atoms with E-state index in [0.29, 0.717) is 34.0 Å². The van der Waals surface area contributed by atoms with Crippen molar-refractivity contribution in [3.8, 4) is 6.07 Å². The Kier molecular flexibility index (Phi) is 6.69. The molecule has 0 aliphatic carbocycles. The van der Waals surface area contributed by atoms with Gasteiger partial charge in [0.1, 0.15) is 0 Å². The van der Waals surface area contributed by atoms with Crippen molar-refractivity contribution in [3.63, 3.8) is 0 Å². The Morgan fingerprint density at radius 1 is 0.844 bits per heavy atom. The molecule has 3 aromatic rings. The van der Waals surface area contributed by atoms with Crippen LogP contribution in [-0.2, 0) is 9.47 Å².